The number of nitrogens with zero attached hydrogens (tertiary/aromatic N) is 2. The third kappa shape index (κ3) is 1.92. The van der Waals surface area contributed by atoms with Gasteiger partial charge in [-0.05, 0) is 42.9 Å². The number of fused-ring (bicyclic) bond motifs is 1. The highest BCUT2D eigenvalue weighted by molar-refractivity contribution is 5.83. The summed E-state index contributed by atoms with van der Waals surface area (Å²) in [5.74, 6) is 0.605. The second-order valence-electron chi connectivity index (χ2n) is 9.29. The van der Waals surface area contributed by atoms with E-state index in [2.05, 4.69) is 30.6 Å². The smallest absolute Gasteiger partial charge is 0.226 e. The second kappa shape index (κ2) is 4.46. The van der Waals surface area contributed by atoms with Crippen molar-refractivity contribution in [1.29, 1.82) is 0 Å². The summed E-state index contributed by atoms with van der Waals surface area (Å²) in [4.78, 5) is 17.2. The summed E-state index contributed by atoms with van der Waals surface area (Å²) in [5.41, 5.74) is 0.195. The molecule has 4 rings (SSSR count). The fourth-order valence-corrected chi connectivity index (χ4v) is 5.66. The van der Waals surface area contributed by atoms with Crippen molar-refractivity contribution in [1.82, 2.24) is 9.80 Å². The lowest BCUT2D eigenvalue weighted by Gasteiger charge is -2.44. The Morgan fingerprint density at radius 2 is 1.86 bits per heavy atom. The average molecular weight is 308 g/mol. The largest absolute Gasteiger partial charge is 0.342 e. The highest BCUT2D eigenvalue weighted by Gasteiger charge is 2.71. The Labute approximate surface area is 133 Å². The van der Waals surface area contributed by atoms with E-state index in [-0.39, 0.29) is 22.3 Å². The first-order valence-corrected chi connectivity index (χ1v) is 8.95. The zero-order chi connectivity index (χ0) is 15.8. The maximum atomic E-state index is 14.1. The predicted molar refractivity (Wildman–Crippen MR) is 84.2 cm³/mol. The number of amides is 1. The molecule has 1 aliphatic carbocycles. The lowest BCUT2D eigenvalue weighted by molar-refractivity contribution is -0.132. The summed E-state index contributed by atoms with van der Waals surface area (Å²) >= 11 is 0. The first kappa shape index (κ1) is 14.9. The van der Waals surface area contributed by atoms with E-state index in [1.165, 1.54) is 0 Å². The van der Waals surface area contributed by atoms with Crippen LogP contribution in [0.2, 0.25) is 0 Å². The molecule has 0 aromatic heterocycles. The molecule has 0 radical (unpaired) electrons. The van der Waals surface area contributed by atoms with Crippen LogP contribution in [-0.4, -0.2) is 53.6 Å². The fraction of sp³-hybridized carbons (Fsp3) is 0.944. The van der Waals surface area contributed by atoms with E-state index in [1.54, 1.807) is 0 Å². The van der Waals surface area contributed by atoms with Crippen molar-refractivity contribution in [3.8, 4) is 0 Å². The van der Waals surface area contributed by atoms with Gasteiger partial charge >= 0.3 is 0 Å². The van der Waals surface area contributed by atoms with Gasteiger partial charge < -0.3 is 4.90 Å². The number of hydrogen-bond donors (Lipinski definition) is 0. The molecule has 0 bridgehead atoms. The Balaban J connectivity index is 1.54. The van der Waals surface area contributed by atoms with Crippen molar-refractivity contribution < 1.29 is 9.18 Å². The van der Waals surface area contributed by atoms with E-state index < -0.39 is 6.17 Å². The molecule has 4 atom stereocenters. The van der Waals surface area contributed by atoms with E-state index in [1.807, 2.05) is 0 Å². The fourth-order valence-electron chi connectivity index (χ4n) is 5.66. The summed E-state index contributed by atoms with van der Waals surface area (Å²) in [6.45, 7) is 10.2. The summed E-state index contributed by atoms with van der Waals surface area (Å²) in [6.07, 6.45) is 4.34. The van der Waals surface area contributed by atoms with Gasteiger partial charge in [-0.3, -0.25) is 9.69 Å². The number of carbonyl (C=O) groups excluding carboxylic acids is 1. The molecule has 3 saturated heterocycles. The quantitative estimate of drug-likeness (QED) is 0.744. The third-order valence-corrected chi connectivity index (χ3v) is 7.03. The van der Waals surface area contributed by atoms with Gasteiger partial charge in [0.15, 0.2) is 0 Å². The van der Waals surface area contributed by atoms with Gasteiger partial charge in [0.2, 0.25) is 5.91 Å². The molecule has 3 aliphatic heterocycles. The number of carbonyl (C=O) groups is 1. The number of hydrogen-bond acceptors (Lipinski definition) is 2. The van der Waals surface area contributed by atoms with E-state index in [4.69, 9.17) is 0 Å². The molecule has 4 fully saturated rings. The minimum atomic E-state index is -0.692. The van der Waals surface area contributed by atoms with Crippen molar-refractivity contribution in [3.63, 3.8) is 0 Å². The molecular weight excluding hydrogens is 279 g/mol. The number of alkyl halides is 1. The summed E-state index contributed by atoms with van der Waals surface area (Å²) in [7, 11) is 0. The second-order valence-corrected chi connectivity index (χ2v) is 9.29. The van der Waals surface area contributed by atoms with Crippen molar-refractivity contribution >= 4 is 5.91 Å². The summed E-state index contributed by atoms with van der Waals surface area (Å²) < 4.78 is 14.1. The van der Waals surface area contributed by atoms with Crippen LogP contribution in [0, 0.1) is 16.7 Å². The predicted octanol–water partition coefficient (Wildman–Crippen LogP) is 2.85. The first-order chi connectivity index (χ1) is 10.3. The monoisotopic (exact) mass is 308 g/mol. The Kier molecular flexibility index (Phi) is 3.03. The Morgan fingerprint density at radius 1 is 1.18 bits per heavy atom. The molecule has 0 aromatic rings. The van der Waals surface area contributed by atoms with Crippen LogP contribution in [0.4, 0.5) is 4.39 Å². The van der Waals surface area contributed by atoms with Gasteiger partial charge in [0.1, 0.15) is 6.17 Å². The summed E-state index contributed by atoms with van der Waals surface area (Å²) in [6, 6.07) is 0. The molecule has 0 N–H and O–H groups in total. The zero-order valence-electron chi connectivity index (χ0n) is 14.2. The molecule has 124 valence electrons. The average Bonchev–Trinajstić information content (AvgIpc) is 2.79. The van der Waals surface area contributed by atoms with Crippen molar-refractivity contribution in [2.75, 3.05) is 26.2 Å². The number of rotatable bonds is 1. The summed E-state index contributed by atoms with van der Waals surface area (Å²) in [5, 5.41) is 0. The van der Waals surface area contributed by atoms with Crippen LogP contribution in [0.1, 0.15) is 52.9 Å². The van der Waals surface area contributed by atoms with Crippen molar-refractivity contribution in [2.24, 2.45) is 16.7 Å². The Bertz CT molecular complexity index is 496. The molecule has 3 heterocycles. The van der Waals surface area contributed by atoms with Gasteiger partial charge in [0.25, 0.3) is 0 Å². The van der Waals surface area contributed by atoms with Gasteiger partial charge in [0, 0.05) is 37.6 Å². The van der Waals surface area contributed by atoms with Crippen molar-refractivity contribution in [2.45, 2.75) is 64.6 Å². The number of halogens is 1. The molecule has 3 nitrogen and oxygen atoms in total. The van der Waals surface area contributed by atoms with Gasteiger partial charge in [-0.2, -0.15) is 0 Å². The highest BCUT2D eigenvalue weighted by atomic mass is 19.1. The van der Waals surface area contributed by atoms with E-state index in [9.17, 15) is 9.18 Å². The molecular formula is C18H29FN2O. The van der Waals surface area contributed by atoms with Gasteiger partial charge in [-0.25, -0.2) is 4.39 Å². The Morgan fingerprint density at radius 3 is 2.45 bits per heavy atom. The molecule has 1 saturated carbocycles. The number of likely N-dealkylation sites (tertiary alicyclic amines) is 1. The van der Waals surface area contributed by atoms with Gasteiger partial charge in [-0.1, -0.05) is 20.8 Å². The van der Waals surface area contributed by atoms with Crippen LogP contribution in [0.15, 0.2) is 0 Å². The molecule has 4 heteroatoms. The molecule has 22 heavy (non-hydrogen) atoms. The molecule has 1 amide bonds. The topological polar surface area (TPSA) is 23.6 Å². The van der Waals surface area contributed by atoms with E-state index >= 15 is 0 Å². The van der Waals surface area contributed by atoms with Crippen molar-refractivity contribution in [3.05, 3.63) is 0 Å². The SMILES string of the molecule is CC(C)(C)C12CC(F)CN1CC1(CC1C(=O)N1CCCC1)C2. The van der Waals surface area contributed by atoms with Crippen LogP contribution >= 0.6 is 0 Å². The minimum Gasteiger partial charge on any atom is -0.342 e. The van der Waals surface area contributed by atoms with E-state index in [0.29, 0.717) is 18.9 Å². The lowest BCUT2D eigenvalue weighted by Crippen LogP contribution is -2.49. The maximum absolute atomic E-state index is 14.1. The molecule has 1 spiro atoms. The first-order valence-electron chi connectivity index (χ1n) is 8.95. The van der Waals surface area contributed by atoms with Gasteiger partial charge in [0.05, 0.1) is 0 Å². The van der Waals surface area contributed by atoms with Crippen LogP contribution < -0.4 is 0 Å². The Hall–Kier alpha value is -0.640. The zero-order valence-corrected chi connectivity index (χ0v) is 14.2. The van der Waals surface area contributed by atoms with Crippen LogP contribution in [0.3, 0.4) is 0 Å². The van der Waals surface area contributed by atoms with E-state index in [0.717, 1.165) is 45.3 Å². The minimum absolute atomic E-state index is 0.0353. The maximum Gasteiger partial charge on any atom is 0.226 e. The third-order valence-electron chi connectivity index (χ3n) is 7.03. The van der Waals surface area contributed by atoms with Gasteiger partial charge in [-0.15, -0.1) is 0 Å². The standard InChI is InChI=1S/C18H29FN2O/c1-16(2,3)18-8-13(19)10-21(18)12-17(11-18)9-14(17)15(22)20-6-4-5-7-20/h13-14H,4-12H2,1-3H3. The van der Waals surface area contributed by atoms with Crippen LogP contribution in [0.5, 0.6) is 0 Å². The highest BCUT2D eigenvalue weighted by Crippen LogP contribution is 2.68. The molecule has 0 aromatic carbocycles. The molecule has 4 aliphatic rings. The lowest BCUT2D eigenvalue weighted by atomic mass is 9.69. The van der Waals surface area contributed by atoms with Crippen LogP contribution in [-0.2, 0) is 4.79 Å². The molecule has 4 unspecified atom stereocenters. The normalized spacial score (nSPS) is 44.8. The van der Waals surface area contributed by atoms with Crippen LogP contribution in [0.25, 0.3) is 0 Å².